The minimum Gasteiger partial charge on any atom is -0.481 e. The van der Waals surface area contributed by atoms with Gasteiger partial charge < -0.3 is 10.8 Å². The number of nitrogens with two attached hydrogens (primary N) is 1. The van der Waals surface area contributed by atoms with Crippen molar-refractivity contribution in [1.29, 1.82) is 0 Å². The molecule has 0 saturated carbocycles. The Bertz CT molecular complexity index is 350. The second-order valence-electron chi connectivity index (χ2n) is 4.23. The number of carboxylic acid groups (broad SMARTS) is 1. The molecule has 1 aromatic carbocycles. The second kappa shape index (κ2) is 6.28. The third-order valence-corrected chi connectivity index (χ3v) is 2.71. The molecule has 3 heteroatoms. The van der Waals surface area contributed by atoms with Gasteiger partial charge in [-0.25, -0.2) is 0 Å². The minimum atomic E-state index is -0.748. The lowest BCUT2D eigenvalue weighted by Gasteiger charge is -2.13. The lowest BCUT2D eigenvalue weighted by molar-refractivity contribution is -0.137. The molecule has 0 aromatic heterocycles. The highest BCUT2D eigenvalue weighted by molar-refractivity contribution is 5.66. The summed E-state index contributed by atoms with van der Waals surface area (Å²) in [4.78, 5) is 10.5. The van der Waals surface area contributed by atoms with Crippen molar-refractivity contribution in [3.63, 3.8) is 0 Å². The summed E-state index contributed by atoms with van der Waals surface area (Å²) in [6.07, 6.45) is 1.72. The molecule has 3 nitrogen and oxygen atoms in total. The van der Waals surface area contributed by atoms with Gasteiger partial charge >= 0.3 is 5.97 Å². The maximum Gasteiger partial charge on any atom is 0.303 e. The lowest BCUT2D eigenvalue weighted by Crippen LogP contribution is -2.18. The van der Waals surface area contributed by atoms with E-state index in [4.69, 9.17) is 10.8 Å². The van der Waals surface area contributed by atoms with Crippen molar-refractivity contribution >= 4 is 5.97 Å². The smallest absolute Gasteiger partial charge is 0.303 e. The first-order chi connectivity index (χ1) is 7.61. The predicted octanol–water partition coefficient (Wildman–Crippen LogP) is 1.98. The van der Waals surface area contributed by atoms with Gasteiger partial charge in [-0.1, -0.05) is 29.8 Å². The largest absolute Gasteiger partial charge is 0.481 e. The van der Waals surface area contributed by atoms with Gasteiger partial charge in [0, 0.05) is 6.42 Å². The van der Waals surface area contributed by atoms with Crippen molar-refractivity contribution in [2.45, 2.75) is 26.2 Å². The van der Waals surface area contributed by atoms with Gasteiger partial charge in [-0.2, -0.15) is 0 Å². The third-order valence-electron chi connectivity index (χ3n) is 2.71. The Morgan fingerprint density at radius 1 is 1.50 bits per heavy atom. The van der Waals surface area contributed by atoms with E-state index in [1.807, 2.05) is 6.07 Å². The molecular formula is C13H19NO2. The molecule has 0 fully saturated rings. The molecule has 1 aromatic rings. The van der Waals surface area contributed by atoms with Gasteiger partial charge in [0.2, 0.25) is 0 Å². The molecule has 0 bridgehead atoms. The van der Waals surface area contributed by atoms with Gasteiger partial charge in [0.05, 0.1) is 0 Å². The Hall–Kier alpha value is -1.35. The highest BCUT2D eigenvalue weighted by Crippen LogP contribution is 2.14. The summed E-state index contributed by atoms with van der Waals surface area (Å²) < 4.78 is 0. The van der Waals surface area contributed by atoms with Crippen molar-refractivity contribution in [3.8, 4) is 0 Å². The fourth-order valence-corrected chi connectivity index (χ4v) is 1.80. The summed E-state index contributed by atoms with van der Waals surface area (Å²) >= 11 is 0. The van der Waals surface area contributed by atoms with Crippen molar-refractivity contribution in [3.05, 3.63) is 35.4 Å². The molecule has 88 valence electrons. The van der Waals surface area contributed by atoms with Gasteiger partial charge in [0.15, 0.2) is 0 Å². The summed E-state index contributed by atoms with van der Waals surface area (Å²) in [7, 11) is 0. The molecule has 3 N–H and O–H groups in total. The quantitative estimate of drug-likeness (QED) is 0.772. The van der Waals surface area contributed by atoms with Crippen LogP contribution >= 0.6 is 0 Å². The monoisotopic (exact) mass is 221 g/mol. The maximum absolute atomic E-state index is 10.5. The molecule has 1 unspecified atom stereocenters. The maximum atomic E-state index is 10.5. The molecule has 1 rings (SSSR count). The van der Waals surface area contributed by atoms with E-state index in [1.54, 1.807) is 0 Å². The first-order valence-corrected chi connectivity index (χ1v) is 5.59. The van der Waals surface area contributed by atoms with Gasteiger partial charge in [-0.15, -0.1) is 0 Å². The molecular weight excluding hydrogens is 202 g/mol. The number of aryl methyl sites for hydroxylation is 1. The van der Waals surface area contributed by atoms with E-state index in [9.17, 15) is 4.79 Å². The zero-order chi connectivity index (χ0) is 12.0. The van der Waals surface area contributed by atoms with Crippen LogP contribution in [0.15, 0.2) is 24.3 Å². The average molecular weight is 221 g/mol. The molecule has 0 radical (unpaired) electrons. The summed E-state index contributed by atoms with van der Waals surface area (Å²) in [6.45, 7) is 2.60. The Morgan fingerprint density at radius 3 is 2.81 bits per heavy atom. The molecule has 0 saturated heterocycles. The molecule has 0 amide bonds. The van der Waals surface area contributed by atoms with Gasteiger partial charge in [0.25, 0.3) is 0 Å². The zero-order valence-corrected chi connectivity index (χ0v) is 9.65. The molecule has 0 aliphatic rings. The van der Waals surface area contributed by atoms with E-state index in [-0.39, 0.29) is 12.3 Å². The molecule has 1 atom stereocenters. The number of aliphatic carboxylic acids is 1. The van der Waals surface area contributed by atoms with Crippen LogP contribution in [0.5, 0.6) is 0 Å². The van der Waals surface area contributed by atoms with Gasteiger partial charge in [0.1, 0.15) is 0 Å². The van der Waals surface area contributed by atoms with E-state index < -0.39 is 5.97 Å². The summed E-state index contributed by atoms with van der Waals surface area (Å²) in [6, 6.07) is 8.27. The van der Waals surface area contributed by atoms with Crippen LogP contribution in [0.3, 0.4) is 0 Å². The van der Waals surface area contributed by atoms with Crippen LogP contribution < -0.4 is 5.73 Å². The van der Waals surface area contributed by atoms with E-state index in [0.29, 0.717) is 13.0 Å². The van der Waals surface area contributed by atoms with Crippen molar-refractivity contribution < 1.29 is 9.90 Å². The second-order valence-corrected chi connectivity index (χ2v) is 4.23. The Morgan fingerprint density at radius 2 is 2.25 bits per heavy atom. The van der Waals surface area contributed by atoms with Crippen LogP contribution in [-0.4, -0.2) is 17.6 Å². The molecule has 0 heterocycles. The van der Waals surface area contributed by atoms with E-state index in [2.05, 4.69) is 25.1 Å². The summed E-state index contributed by atoms with van der Waals surface area (Å²) in [5, 5.41) is 8.63. The topological polar surface area (TPSA) is 63.3 Å². The molecule has 0 spiro atoms. The van der Waals surface area contributed by atoms with Crippen LogP contribution in [0.1, 0.15) is 24.0 Å². The van der Waals surface area contributed by atoms with Crippen molar-refractivity contribution in [1.82, 2.24) is 0 Å². The predicted molar refractivity (Wildman–Crippen MR) is 64.3 cm³/mol. The minimum absolute atomic E-state index is 0.202. The van der Waals surface area contributed by atoms with Crippen LogP contribution in [0.4, 0.5) is 0 Å². The van der Waals surface area contributed by atoms with E-state index in [0.717, 1.165) is 6.42 Å². The zero-order valence-electron chi connectivity index (χ0n) is 9.65. The fraction of sp³-hybridized carbons (Fsp3) is 0.462. The number of carboxylic acids is 1. The summed E-state index contributed by atoms with van der Waals surface area (Å²) in [5.74, 6) is -0.486. The standard InChI is InChI=1S/C13H19NO2/c1-10-3-2-4-11(7-10)8-12(9-14)5-6-13(15)16/h2-4,7,12H,5-6,8-9,14H2,1H3,(H,15,16). The molecule has 0 aliphatic carbocycles. The fourth-order valence-electron chi connectivity index (χ4n) is 1.80. The van der Waals surface area contributed by atoms with Crippen molar-refractivity contribution in [2.24, 2.45) is 11.7 Å². The Kier molecular flexibility index (Phi) is 4.99. The Labute approximate surface area is 96.3 Å². The van der Waals surface area contributed by atoms with Crippen LogP contribution in [0.25, 0.3) is 0 Å². The first kappa shape index (κ1) is 12.7. The molecule has 0 aliphatic heterocycles. The van der Waals surface area contributed by atoms with E-state index in [1.165, 1.54) is 11.1 Å². The first-order valence-electron chi connectivity index (χ1n) is 5.59. The number of benzene rings is 1. The van der Waals surface area contributed by atoms with Crippen LogP contribution in [0, 0.1) is 12.8 Å². The van der Waals surface area contributed by atoms with Crippen LogP contribution in [0.2, 0.25) is 0 Å². The van der Waals surface area contributed by atoms with Crippen LogP contribution in [-0.2, 0) is 11.2 Å². The van der Waals surface area contributed by atoms with Gasteiger partial charge in [-0.05, 0) is 37.8 Å². The number of rotatable bonds is 6. The van der Waals surface area contributed by atoms with Crippen molar-refractivity contribution in [2.75, 3.05) is 6.54 Å². The number of hydrogen-bond acceptors (Lipinski definition) is 2. The number of hydrogen-bond donors (Lipinski definition) is 2. The number of carbonyl (C=O) groups is 1. The van der Waals surface area contributed by atoms with E-state index >= 15 is 0 Å². The highest BCUT2D eigenvalue weighted by Gasteiger charge is 2.10. The molecule has 16 heavy (non-hydrogen) atoms. The lowest BCUT2D eigenvalue weighted by atomic mass is 9.94. The highest BCUT2D eigenvalue weighted by atomic mass is 16.4. The normalized spacial score (nSPS) is 12.4. The van der Waals surface area contributed by atoms with Gasteiger partial charge in [-0.3, -0.25) is 4.79 Å². The Balaban J connectivity index is 2.52. The SMILES string of the molecule is Cc1cccc(CC(CN)CCC(=O)O)c1. The third kappa shape index (κ3) is 4.45. The average Bonchev–Trinajstić information content (AvgIpc) is 2.24. The summed E-state index contributed by atoms with van der Waals surface area (Å²) in [5.41, 5.74) is 8.12.